The van der Waals surface area contributed by atoms with Crippen molar-refractivity contribution >= 4 is 17.6 Å². The Hall–Kier alpha value is -3.93. The van der Waals surface area contributed by atoms with Gasteiger partial charge in [-0.05, 0) is 36.4 Å². The molecule has 0 N–H and O–H groups in total. The summed E-state index contributed by atoms with van der Waals surface area (Å²) in [7, 11) is 1.53. The summed E-state index contributed by atoms with van der Waals surface area (Å²) in [4.78, 5) is 40.3. The Kier molecular flexibility index (Phi) is 5.30. The molecule has 0 fully saturated rings. The third kappa shape index (κ3) is 3.67. The number of methoxy groups -OCH3 is 1. The first-order valence-electron chi connectivity index (χ1n) is 9.42. The third-order valence-electron chi connectivity index (χ3n) is 4.91. The predicted octanol–water partition coefficient (Wildman–Crippen LogP) is 3.68. The van der Waals surface area contributed by atoms with E-state index in [0.717, 1.165) is 4.90 Å². The van der Waals surface area contributed by atoms with Crippen LogP contribution in [0.4, 0.5) is 0 Å². The van der Waals surface area contributed by atoms with Gasteiger partial charge in [-0.1, -0.05) is 42.5 Å². The molecule has 3 aromatic rings. The molecule has 30 heavy (non-hydrogen) atoms. The Morgan fingerprint density at radius 2 is 1.60 bits per heavy atom. The van der Waals surface area contributed by atoms with E-state index in [9.17, 15) is 14.4 Å². The van der Waals surface area contributed by atoms with Crippen LogP contribution in [0.15, 0.2) is 78.9 Å². The molecule has 150 valence electrons. The molecular weight excluding hydrogens is 382 g/mol. The van der Waals surface area contributed by atoms with Gasteiger partial charge in [0.1, 0.15) is 11.5 Å². The molecule has 0 bridgehead atoms. The number of hydrogen-bond donors (Lipinski definition) is 0. The number of carbonyl (C=O) groups excluding carboxylic acids is 3. The lowest BCUT2D eigenvalue weighted by atomic mass is 10.1. The van der Waals surface area contributed by atoms with Crippen molar-refractivity contribution in [2.75, 3.05) is 13.7 Å². The predicted molar refractivity (Wildman–Crippen MR) is 110 cm³/mol. The quantitative estimate of drug-likeness (QED) is 0.482. The molecule has 0 unspecified atom stereocenters. The molecule has 0 spiro atoms. The molecule has 2 amide bonds. The fourth-order valence-corrected chi connectivity index (χ4v) is 3.31. The first-order chi connectivity index (χ1) is 14.6. The molecule has 0 aliphatic carbocycles. The number of hydrogen-bond acceptors (Lipinski definition) is 5. The molecule has 3 aromatic carbocycles. The van der Waals surface area contributed by atoms with Crippen molar-refractivity contribution in [1.82, 2.24) is 4.90 Å². The Morgan fingerprint density at radius 1 is 0.933 bits per heavy atom. The summed E-state index contributed by atoms with van der Waals surface area (Å²) in [6, 6.07) is 22.1. The van der Waals surface area contributed by atoms with E-state index in [1.54, 1.807) is 72.8 Å². The van der Waals surface area contributed by atoms with Crippen molar-refractivity contribution in [2.45, 2.75) is 6.10 Å². The van der Waals surface area contributed by atoms with Crippen LogP contribution in [0.1, 0.15) is 32.4 Å². The van der Waals surface area contributed by atoms with E-state index in [1.807, 2.05) is 6.07 Å². The first kappa shape index (κ1) is 19.4. The number of rotatable bonds is 5. The third-order valence-corrected chi connectivity index (χ3v) is 4.91. The molecule has 6 nitrogen and oxygen atoms in total. The first-order valence-corrected chi connectivity index (χ1v) is 9.42. The molecule has 0 saturated carbocycles. The SMILES string of the molecule is COc1ccc(C(=O)CN2C(=O)c3ccccc3O[C@@H](c3ccccc3)C2=O)cc1. The zero-order chi connectivity index (χ0) is 21.1. The van der Waals surface area contributed by atoms with Gasteiger partial charge in [-0.2, -0.15) is 0 Å². The average Bonchev–Trinajstić information content (AvgIpc) is 2.90. The standard InChI is InChI=1S/C24H19NO5/c1-29-18-13-11-16(12-14-18)20(26)15-25-23(27)19-9-5-6-10-21(19)30-22(24(25)28)17-7-3-2-4-8-17/h2-14,22H,15H2,1H3/t22-/m0/s1. The monoisotopic (exact) mass is 401 g/mol. The number of benzene rings is 3. The van der Waals surface area contributed by atoms with E-state index < -0.39 is 17.9 Å². The number of ketones is 1. The highest BCUT2D eigenvalue weighted by Gasteiger charge is 2.38. The van der Waals surface area contributed by atoms with Crippen molar-refractivity contribution in [2.24, 2.45) is 0 Å². The van der Waals surface area contributed by atoms with Crippen LogP contribution in [0.25, 0.3) is 0 Å². The summed E-state index contributed by atoms with van der Waals surface area (Å²) in [5.41, 5.74) is 1.23. The number of nitrogens with zero attached hydrogens (tertiary/aromatic N) is 1. The lowest BCUT2D eigenvalue weighted by Gasteiger charge is -2.22. The van der Waals surface area contributed by atoms with Crippen molar-refractivity contribution in [1.29, 1.82) is 0 Å². The van der Waals surface area contributed by atoms with Crippen molar-refractivity contribution in [3.05, 3.63) is 95.6 Å². The van der Waals surface area contributed by atoms with E-state index >= 15 is 0 Å². The van der Waals surface area contributed by atoms with Gasteiger partial charge in [0.2, 0.25) is 6.10 Å². The maximum Gasteiger partial charge on any atom is 0.275 e. The molecule has 0 radical (unpaired) electrons. The highest BCUT2D eigenvalue weighted by atomic mass is 16.5. The molecule has 1 atom stereocenters. The van der Waals surface area contributed by atoms with Crippen LogP contribution in [0.2, 0.25) is 0 Å². The van der Waals surface area contributed by atoms with Crippen LogP contribution in [0.5, 0.6) is 11.5 Å². The van der Waals surface area contributed by atoms with E-state index in [-0.39, 0.29) is 17.9 Å². The smallest absolute Gasteiger partial charge is 0.275 e. The summed E-state index contributed by atoms with van der Waals surface area (Å²) >= 11 is 0. The van der Waals surface area contributed by atoms with Crippen molar-refractivity contribution < 1.29 is 23.9 Å². The van der Waals surface area contributed by atoms with E-state index in [0.29, 0.717) is 22.6 Å². The fraction of sp³-hybridized carbons (Fsp3) is 0.125. The number of Topliss-reactive ketones (excluding diaryl/α,β-unsaturated/α-hetero) is 1. The van der Waals surface area contributed by atoms with Gasteiger partial charge in [-0.3, -0.25) is 19.3 Å². The summed E-state index contributed by atoms with van der Waals surface area (Å²) in [5, 5.41) is 0. The number of ether oxygens (including phenoxy) is 2. The van der Waals surface area contributed by atoms with Gasteiger partial charge in [0, 0.05) is 11.1 Å². The molecule has 1 aliphatic rings. The lowest BCUT2D eigenvalue weighted by molar-refractivity contribution is -0.135. The van der Waals surface area contributed by atoms with Gasteiger partial charge in [0.15, 0.2) is 5.78 Å². The minimum atomic E-state index is -1.03. The maximum absolute atomic E-state index is 13.3. The van der Waals surface area contributed by atoms with Crippen molar-refractivity contribution in [3.8, 4) is 11.5 Å². The maximum atomic E-state index is 13.3. The van der Waals surface area contributed by atoms with Crippen molar-refractivity contribution in [3.63, 3.8) is 0 Å². The Labute approximate surface area is 173 Å². The van der Waals surface area contributed by atoms with Gasteiger partial charge in [0.05, 0.1) is 19.2 Å². The Bertz CT molecular complexity index is 1090. The lowest BCUT2D eigenvalue weighted by Crippen LogP contribution is -2.42. The summed E-state index contributed by atoms with van der Waals surface area (Å²) in [6.45, 7) is -0.384. The largest absolute Gasteiger partial charge is 0.497 e. The zero-order valence-corrected chi connectivity index (χ0v) is 16.3. The molecule has 0 saturated heterocycles. The summed E-state index contributed by atoms with van der Waals surface area (Å²) < 4.78 is 11.0. The van der Waals surface area contributed by atoms with Crippen LogP contribution in [0.3, 0.4) is 0 Å². The van der Waals surface area contributed by atoms with E-state index in [4.69, 9.17) is 9.47 Å². The molecule has 6 heteroatoms. The molecular formula is C24H19NO5. The Balaban J connectivity index is 1.70. The van der Waals surface area contributed by atoms with Gasteiger partial charge in [-0.15, -0.1) is 0 Å². The van der Waals surface area contributed by atoms with Crippen LogP contribution >= 0.6 is 0 Å². The number of carbonyl (C=O) groups is 3. The van der Waals surface area contributed by atoms with E-state index in [2.05, 4.69) is 0 Å². The number of fused-ring (bicyclic) bond motifs is 1. The number of imide groups is 1. The second kappa shape index (κ2) is 8.21. The minimum absolute atomic E-state index is 0.242. The fourth-order valence-electron chi connectivity index (χ4n) is 3.31. The summed E-state index contributed by atoms with van der Waals surface area (Å²) in [6.07, 6.45) is -1.03. The van der Waals surface area contributed by atoms with Crippen LogP contribution in [0, 0.1) is 0 Å². The Morgan fingerprint density at radius 3 is 2.30 bits per heavy atom. The molecule has 0 aromatic heterocycles. The highest BCUT2D eigenvalue weighted by molar-refractivity contribution is 6.12. The molecule has 1 aliphatic heterocycles. The number of para-hydroxylation sites is 1. The van der Waals surface area contributed by atoms with Crippen LogP contribution in [-0.4, -0.2) is 36.2 Å². The van der Waals surface area contributed by atoms with Gasteiger partial charge >= 0.3 is 0 Å². The molecule has 1 heterocycles. The number of amides is 2. The second-order valence-corrected chi connectivity index (χ2v) is 6.79. The highest BCUT2D eigenvalue weighted by Crippen LogP contribution is 2.32. The normalized spacial score (nSPS) is 15.8. The minimum Gasteiger partial charge on any atom is -0.497 e. The topological polar surface area (TPSA) is 72.9 Å². The summed E-state index contributed by atoms with van der Waals surface area (Å²) in [5.74, 6) is -0.574. The second-order valence-electron chi connectivity index (χ2n) is 6.79. The zero-order valence-electron chi connectivity index (χ0n) is 16.3. The average molecular weight is 401 g/mol. The van der Waals surface area contributed by atoms with Crippen LogP contribution in [-0.2, 0) is 4.79 Å². The van der Waals surface area contributed by atoms with Gasteiger partial charge in [-0.25, -0.2) is 0 Å². The van der Waals surface area contributed by atoms with E-state index in [1.165, 1.54) is 7.11 Å². The van der Waals surface area contributed by atoms with Crippen LogP contribution < -0.4 is 9.47 Å². The van der Waals surface area contributed by atoms with Gasteiger partial charge < -0.3 is 9.47 Å². The van der Waals surface area contributed by atoms with Gasteiger partial charge in [0.25, 0.3) is 11.8 Å². The molecule has 4 rings (SSSR count).